The minimum absolute atomic E-state index is 0.0733. The van der Waals surface area contributed by atoms with Crippen LogP contribution in [-0.4, -0.2) is 47.3 Å². The third-order valence-corrected chi connectivity index (χ3v) is 4.65. The van der Waals surface area contributed by atoms with Crippen LogP contribution in [-0.2, 0) is 5.54 Å². The van der Waals surface area contributed by atoms with E-state index in [2.05, 4.69) is 35.9 Å². The average Bonchev–Trinajstić information content (AvgIpc) is 3.01. The average molecular weight is 304 g/mol. The first kappa shape index (κ1) is 15.5. The summed E-state index contributed by atoms with van der Waals surface area (Å²) < 4.78 is 2.07. The smallest absolute Gasteiger partial charge is 0.274 e. The van der Waals surface area contributed by atoms with Gasteiger partial charge < -0.3 is 10.2 Å². The fraction of sp³-hybridized carbons (Fsp3) is 0.765. The summed E-state index contributed by atoms with van der Waals surface area (Å²) in [4.78, 5) is 14.7. The number of nitrogens with zero attached hydrogens (tertiary/aromatic N) is 3. The van der Waals surface area contributed by atoms with Gasteiger partial charge in [-0.1, -0.05) is 0 Å². The fourth-order valence-electron chi connectivity index (χ4n) is 3.34. The van der Waals surface area contributed by atoms with Gasteiger partial charge in [0, 0.05) is 24.7 Å². The van der Waals surface area contributed by atoms with Crippen molar-refractivity contribution < 1.29 is 4.79 Å². The van der Waals surface area contributed by atoms with E-state index in [9.17, 15) is 4.79 Å². The Morgan fingerprint density at radius 2 is 2.09 bits per heavy atom. The number of amides is 1. The van der Waals surface area contributed by atoms with Crippen molar-refractivity contribution in [2.24, 2.45) is 5.92 Å². The summed E-state index contributed by atoms with van der Waals surface area (Å²) in [6.07, 6.45) is 3.54. The molecule has 5 heteroatoms. The Balaban J connectivity index is 1.79. The molecule has 2 fully saturated rings. The zero-order valence-electron chi connectivity index (χ0n) is 14.2. The molecule has 0 aromatic carbocycles. The molecule has 0 spiro atoms. The highest BCUT2D eigenvalue weighted by atomic mass is 16.2. The van der Waals surface area contributed by atoms with E-state index in [4.69, 9.17) is 0 Å². The highest BCUT2D eigenvalue weighted by molar-refractivity contribution is 5.92. The predicted molar refractivity (Wildman–Crippen MR) is 87.1 cm³/mol. The Bertz CT molecular complexity index is 553. The summed E-state index contributed by atoms with van der Waals surface area (Å²) in [7, 11) is 1.97. The number of carbonyl (C=O) groups is 1. The van der Waals surface area contributed by atoms with E-state index >= 15 is 0 Å². The lowest BCUT2D eigenvalue weighted by molar-refractivity contribution is 0.0779. The summed E-state index contributed by atoms with van der Waals surface area (Å²) in [6.45, 7) is 9.14. The Labute approximate surface area is 133 Å². The van der Waals surface area contributed by atoms with Gasteiger partial charge in [0.2, 0.25) is 0 Å². The summed E-state index contributed by atoms with van der Waals surface area (Å²) in [5, 5.41) is 7.88. The molecule has 122 valence electrons. The van der Waals surface area contributed by atoms with Crippen LogP contribution in [0, 0.1) is 5.92 Å². The van der Waals surface area contributed by atoms with Crippen molar-refractivity contribution in [3.05, 3.63) is 17.5 Å². The van der Waals surface area contributed by atoms with Gasteiger partial charge in [-0.05, 0) is 65.6 Å². The topological polar surface area (TPSA) is 50.2 Å². The number of likely N-dealkylation sites (tertiary alicyclic amines) is 1. The maximum Gasteiger partial charge on any atom is 0.274 e. The second-order valence-electron chi connectivity index (χ2n) is 7.77. The molecule has 0 bridgehead atoms. The largest absolute Gasteiger partial charge is 0.337 e. The first-order valence-electron chi connectivity index (χ1n) is 8.44. The molecule has 1 saturated carbocycles. The van der Waals surface area contributed by atoms with Gasteiger partial charge in [0.05, 0.1) is 5.54 Å². The maximum absolute atomic E-state index is 12.8. The van der Waals surface area contributed by atoms with Crippen LogP contribution in [0.4, 0.5) is 0 Å². The quantitative estimate of drug-likeness (QED) is 0.928. The van der Waals surface area contributed by atoms with Crippen LogP contribution >= 0.6 is 0 Å². The van der Waals surface area contributed by atoms with Crippen molar-refractivity contribution in [1.29, 1.82) is 0 Å². The molecule has 3 rings (SSSR count). The molecule has 2 heterocycles. The van der Waals surface area contributed by atoms with Crippen LogP contribution in [0.25, 0.3) is 0 Å². The molecular formula is C17H28N4O. The van der Waals surface area contributed by atoms with E-state index in [0.717, 1.165) is 26.1 Å². The van der Waals surface area contributed by atoms with Gasteiger partial charge in [-0.2, -0.15) is 5.10 Å². The Morgan fingerprint density at radius 3 is 2.68 bits per heavy atom. The van der Waals surface area contributed by atoms with Crippen LogP contribution in [0.3, 0.4) is 0 Å². The lowest BCUT2D eigenvalue weighted by Crippen LogP contribution is -2.31. The number of carbonyl (C=O) groups excluding carboxylic acids is 1. The Hall–Kier alpha value is -1.36. The van der Waals surface area contributed by atoms with E-state index < -0.39 is 0 Å². The van der Waals surface area contributed by atoms with Gasteiger partial charge in [-0.15, -0.1) is 0 Å². The molecule has 5 nitrogen and oxygen atoms in total. The summed E-state index contributed by atoms with van der Waals surface area (Å²) in [5.41, 5.74) is 1.79. The molecule has 1 N–H and O–H groups in total. The molecule has 1 amide bonds. The summed E-state index contributed by atoms with van der Waals surface area (Å²) in [6, 6.07) is 2.04. The fourth-order valence-corrected chi connectivity index (χ4v) is 3.34. The molecule has 1 saturated heterocycles. The van der Waals surface area contributed by atoms with Crippen molar-refractivity contribution >= 4 is 5.91 Å². The SMILES string of the molecule is CNCC1CCN(C(=O)c2cc(C3CC3)n(C(C)(C)C)n2)C1. The van der Waals surface area contributed by atoms with E-state index in [1.54, 1.807) is 0 Å². The zero-order chi connectivity index (χ0) is 15.9. The van der Waals surface area contributed by atoms with Gasteiger partial charge >= 0.3 is 0 Å². The molecule has 1 aliphatic heterocycles. The Kier molecular flexibility index (Phi) is 4.02. The highest BCUT2D eigenvalue weighted by Crippen LogP contribution is 2.41. The molecule has 1 atom stereocenters. The van der Waals surface area contributed by atoms with Gasteiger partial charge in [0.1, 0.15) is 0 Å². The van der Waals surface area contributed by atoms with Crippen molar-refractivity contribution in [1.82, 2.24) is 20.0 Å². The molecule has 2 aliphatic rings. The minimum atomic E-state index is -0.0733. The molecule has 1 aromatic heterocycles. The number of rotatable bonds is 4. The first-order chi connectivity index (χ1) is 10.4. The maximum atomic E-state index is 12.8. The number of aromatic nitrogens is 2. The summed E-state index contributed by atoms with van der Waals surface area (Å²) >= 11 is 0. The van der Waals surface area contributed by atoms with Gasteiger partial charge in [-0.25, -0.2) is 0 Å². The van der Waals surface area contributed by atoms with Crippen molar-refractivity contribution in [2.45, 2.75) is 51.5 Å². The third kappa shape index (κ3) is 3.05. The number of hydrogen-bond donors (Lipinski definition) is 1. The second kappa shape index (κ2) is 5.69. The Morgan fingerprint density at radius 1 is 1.36 bits per heavy atom. The van der Waals surface area contributed by atoms with Crippen LogP contribution in [0.15, 0.2) is 6.07 Å². The van der Waals surface area contributed by atoms with Crippen LogP contribution in [0.1, 0.15) is 62.1 Å². The normalized spacial score (nSPS) is 22.4. The highest BCUT2D eigenvalue weighted by Gasteiger charge is 2.34. The van der Waals surface area contributed by atoms with Gasteiger partial charge in [0.15, 0.2) is 5.69 Å². The first-order valence-corrected chi connectivity index (χ1v) is 8.44. The minimum Gasteiger partial charge on any atom is -0.337 e. The molecular weight excluding hydrogens is 276 g/mol. The van der Waals surface area contributed by atoms with E-state index in [0.29, 0.717) is 17.5 Å². The van der Waals surface area contributed by atoms with E-state index in [1.807, 2.05) is 18.0 Å². The van der Waals surface area contributed by atoms with Gasteiger partial charge in [0.25, 0.3) is 5.91 Å². The number of nitrogens with one attached hydrogen (secondary N) is 1. The van der Waals surface area contributed by atoms with Gasteiger partial charge in [-0.3, -0.25) is 9.48 Å². The van der Waals surface area contributed by atoms with Crippen LogP contribution in [0.5, 0.6) is 0 Å². The zero-order valence-corrected chi connectivity index (χ0v) is 14.2. The molecule has 1 aromatic rings. The third-order valence-electron chi connectivity index (χ3n) is 4.65. The van der Waals surface area contributed by atoms with Crippen LogP contribution < -0.4 is 5.32 Å². The standard InChI is InChI=1S/C17H28N4O/c1-17(2,3)21-15(13-5-6-13)9-14(19-21)16(22)20-8-7-12(11-20)10-18-4/h9,12-13,18H,5-8,10-11H2,1-4H3. The van der Waals surface area contributed by atoms with Crippen LogP contribution in [0.2, 0.25) is 0 Å². The van der Waals surface area contributed by atoms with Crippen molar-refractivity contribution in [2.75, 3.05) is 26.7 Å². The molecule has 1 unspecified atom stereocenters. The lowest BCUT2D eigenvalue weighted by Gasteiger charge is -2.22. The summed E-state index contributed by atoms with van der Waals surface area (Å²) in [5.74, 6) is 1.27. The van der Waals surface area contributed by atoms with E-state index in [-0.39, 0.29) is 11.4 Å². The second-order valence-corrected chi connectivity index (χ2v) is 7.77. The monoisotopic (exact) mass is 304 g/mol. The van der Waals surface area contributed by atoms with Crippen molar-refractivity contribution in [3.63, 3.8) is 0 Å². The number of hydrogen-bond acceptors (Lipinski definition) is 3. The molecule has 0 radical (unpaired) electrons. The lowest BCUT2D eigenvalue weighted by atomic mass is 10.1. The van der Waals surface area contributed by atoms with Crippen molar-refractivity contribution in [3.8, 4) is 0 Å². The van der Waals surface area contributed by atoms with E-state index in [1.165, 1.54) is 18.5 Å². The molecule has 1 aliphatic carbocycles. The molecule has 22 heavy (non-hydrogen) atoms. The predicted octanol–water partition coefficient (Wildman–Crippen LogP) is 2.20.